The molecule has 194 valence electrons. The van der Waals surface area contributed by atoms with Crippen molar-refractivity contribution in [3.63, 3.8) is 0 Å². The fraction of sp³-hybridized carbons (Fsp3) is 0.500. The topological polar surface area (TPSA) is 69.6 Å². The molecule has 0 saturated carbocycles. The number of carboxylic acids is 1. The predicted molar refractivity (Wildman–Crippen MR) is 135 cm³/mol. The van der Waals surface area contributed by atoms with Crippen LogP contribution in [0.1, 0.15) is 62.1 Å². The molecule has 0 spiro atoms. The van der Waals surface area contributed by atoms with E-state index in [0.717, 1.165) is 11.6 Å². The highest BCUT2D eigenvalue weighted by Gasteiger charge is 2.58. The number of hydrogen-bond donors (Lipinski definition) is 2. The van der Waals surface area contributed by atoms with Crippen molar-refractivity contribution in [3.8, 4) is 0 Å². The third kappa shape index (κ3) is 4.88. The van der Waals surface area contributed by atoms with Crippen LogP contribution in [0.5, 0.6) is 0 Å². The lowest BCUT2D eigenvalue weighted by Gasteiger charge is -2.48. The van der Waals surface area contributed by atoms with E-state index in [1.165, 1.54) is 12.1 Å². The van der Waals surface area contributed by atoms with Crippen molar-refractivity contribution >= 4 is 23.5 Å². The van der Waals surface area contributed by atoms with Gasteiger partial charge in [-0.3, -0.25) is 9.59 Å². The molecule has 2 heterocycles. The van der Waals surface area contributed by atoms with Gasteiger partial charge < -0.3 is 15.3 Å². The number of carbonyl (C=O) groups is 2. The summed E-state index contributed by atoms with van der Waals surface area (Å²) in [7, 11) is 0. The predicted octanol–water partition coefficient (Wildman–Crippen LogP) is 5.37. The number of nitrogens with zero attached hydrogens (tertiary/aromatic N) is 1. The second-order valence-corrected chi connectivity index (χ2v) is 11.5. The van der Waals surface area contributed by atoms with Crippen LogP contribution in [-0.2, 0) is 16.0 Å². The summed E-state index contributed by atoms with van der Waals surface area (Å²) in [6.07, 6.45) is 1.30. The molecular weight excluding hydrogens is 486 g/mol. The van der Waals surface area contributed by atoms with Crippen LogP contribution in [0.15, 0.2) is 36.4 Å². The lowest BCUT2D eigenvalue weighted by molar-refractivity contribution is -0.150. The second-order valence-electron chi connectivity index (χ2n) is 11.1. The molecule has 8 heteroatoms. The van der Waals surface area contributed by atoms with E-state index in [1.807, 2.05) is 31.7 Å². The first-order valence-electron chi connectivity index (χ1n) is 12.4. The number of aliphatic carboxylic acids is 1. The van der Waals surface area contributed by atoms with Crippen molar-refractivity contribution < 1.29 is 23.5 Å². The Bertz CT molecular complexity index is 1160. The molecule has 0 aromatic heterocycles. The Balaban J connectivity index is 1.59. The van der Waals surface area contributed by atoms with Gasteiger partial charge in [-0.1, -0.05) is 44.5 Å². The molecule has 0 bridgehead atoms. The van der Waals surface area contributed by atoms with Crippen LogP contribution >= 0.6 is 11.6 Å². The maximum atomic E-state index is 14.9. The molecule has 0 unspecified atom stereocenters. The molecular formula is C28H33ClF2N2O3. The average Bonchev–Trinajstić information content (AvgIpc) is 3.25. The van der Waals surface area contributed by atoms with Crippen molar-refractivity contribution in [2.24, 2.45) is 10.8 Å². The Kier molecular flexibility index (Phi) is 7.45. The average molecular weight is 519 g/mol. The third-order valence-corrected chi connectivity index (χ3v) is 8.31. The molecule has 0 radical (unpaired) electrons. The Labute approximate surface area is 215 Å². The number of nitrogens with one attached hydrogen (secondary N) is 1. The summed E-state index contributed by atoms with van der Waals surface area (Å²) in [6.45, 7) is 7.91. The third-order valence-electron chi connectivity index (χ3n) is 8.07. The lowest BCUT2D eigenvalue weighted by Crippen LogP contribution is -2.56. The van der Waals surface area contributed by atoms with Gasteiger partial charge in [0.15, 0.2) is 0 Å². The van der Waals surface area contributed by atoms with Crippen LogP contribution in [0.4, 0.5) is 8.78 Å². The summed E-state index contributed by atoms with van der Waals surface area (Å²) in [6, 6.07) is 8.99. The quantitative estimate of drug-likeness (QED) is 0.558. The normalized spacial score (nSPS) is 23.2. The first kappa shape index (κ1) is 26.6. The fourth-order valence-corrected chi connectivity index (χ4v) is 6.36. The molecule has 1 amide bonds. The smallest absolute Gasteiger partial charge is 0.307 e. The monoisotopic (exact) mass is 518 g/mol. The van der Waals surface area contributed by atoms with E-state index in [4.69, 9.17) is 11.6 Å². The summed E-state index contributed by atoms with van der Waals surface area (Å²) in [4.78, 5) is 27.5. The summed E-state index contributed by atoms with van der Waals surface area (Å²) in [5.74, 6) is -2.50. The van der Waals surface area contributed by atoms with Gasteiger partial charge >= 0.3 is 5.97 Å². The zero-order valence-corrected chi connectivity index (χ0v) is 21.7. The van der Waals surface area contributed by atoms with Gasteiger partial charge in [-0.15, -0.1) is 0 Å². The Morgan fingerprint density at radius 3 is 2.39 bits per heavy atom. The van der Waals surface area contributed by atoms with E-state index in [0.29, 0.717) is 55.2 Å². The zero-order chi connectivity index (χ0) is 26.3. The van der Waals surface area contributed by atoms with Crippen molar-refractivity contribution in [1.29, 1.82) is 0 Å². The van der Waals surface area contributed by atoms with Gasteiger partial charge in [-0.05, 0) is 59.1 Å². The van der Waals surface area contributed by atoms with E-state index in [-0.39, 0.29) is 18.2 Å². The number of likely N-dealkylation sites (tertiary alicyclic amines) is 1. The van der Waals surface area contributed by atoms with Crippen molar-refractivity contribution in [3.05, 3.63) is 69.7 Å². The molecule has 5 nitrogen and oxygen atoms in total. The minimum Gasteiger partial charge on any atom is -0.481 e. The Morgan fingerprint density at radius 1 is 1.11 bits per heavy atom. The highest BCUT2D eigenvalue weighted by Crippen LogP contribution is 2.53. The van der Waals surface area contributed by atoms with Gasteiger partial charge in [0.25, 0.3) is 0 Å². The Morgan fingerprint density at radius 2 is 1.78 bits per heavy atom. The molecule has 2 aromatic rings. The summed E-state index contributed by atoms with van der Waals surface area (Å²) < 4.78 is 28.5. The van der Waals surface area contributed by atoms with Gasteiger partial charge in [0, 0.05) is 43.2 Å². The maximum absolute atomic E-state index is 14.9. The fourth-order valence-electron chi connectivity index (χ4n) is 6.17. The maximum Gasteiger partial charge on any atom is 0.307 e. The standard InChI is InChI=1S/C28H33ClF2N2O3/c1-27(2,3)28(16-32-15-23(28)22-7-5-20(30)14-24(22)31)26(36)33-10-8-17(9-11-33)21-6-4-19(29)12-18(21)13-25(34)35/h4-7,12,14,17,23,32H,8-11,13,15-16H2,1-3H3,(H,34,35)/t23-,28+/m0/s1. The highest BCUT2D eigenvalue weighted by atomic mass is 35.5. The summed E-state index contributed by atoms with van der Waals surface area (Å²) in [5, 5.41) is 13.1. The van der Waals surface area contributed by atoms with Crippen LogP contribution in [0.2, 0.25) is 5.02 Å². The van der Waals surface area contributed by atoms with E-state index >= 15 is 0 Å². The molecule has 2 aliphatic heterocycles. The van der Waals surface area contributed by atoms with E-state index in [2.05, 4.69) is 5.32 Å². The number of halogens is 3. The molecule has 36 heavy (non-hydrogen) atoms. The van der Waals surface area contributed by atoms with Gasteiger partial charge in [0.05, 0.1) is 11.8 Å². The van der Waals surface area contributed by atoms with Crippen molar-refractivity contribution in [2.75, 3.05) is 26.2 Å². The summed E-state index contributed by atoms with van der Waals surface area (Å²) >= 11 is 6.12. The minimum absolute atomic E-state index is 0.0194. The number of carbonyl (C=O) groups excluding carboxylic acids is 1. The molecule has 2 fully saturated rings. The van der Waals surface area contributed by atoms with Crippen molar-refractivity contribution in [2.45, 2.75) is 51.9 Å². The van der Waals surface area contributed by atoms with Gasteiger partial charge in [0.1, 0.15) is 11.6 Å². The SMILES string of the molecule is CC(C)(C)[C@]1(C(=O)N2CCC(c3ccc(Cl)cc3CC(=O)O)CC2)CNC[C@H]1c1ccc(F)cc1F. The second kappa shape index (κ2) is 10.1. The molecule has 2 N–H and O–H groups in total. The molecule has 2 saturated heterocycles. The van der Waals surface area contributed by atoms with Crippen LogP contribution in [0.25, 0.3) is 0 Å². The number of carboxylic acid groups (broad SMARTS) is 1. The molecule has 2 atom stereocenters. The summed E-state index contributed by atoms with van der Waals surface area (Å²) in [5.41, 5.74) is 0.652. The van der Waals surface area contributed by atoms with Crippen LogP contribution in [0.3, 0.4) is 0 Å². The van der Waals surface area contributed by atoms with Crippen LogP contribution in [0, 0.1) is 22.5 Å². The van der Waals surface area contributed by atoms with Crippen LogP contribution < -0.4 is 5.32 Å². The van der Waals surface area contributed by atoms with E-state index in [9.17, 15) is 23.5 Å². The number of amides is 1. The van der Waals surface area contributed by atoms with Gasteiger partial charge in [0.2, 0.25) is 5.91 Å². The zero-order valence-electron chi connectivity index (χ0n) is 20.9. The number of piperidine rings is 1. The lowest BCUT2D eigenvalue weighted by atomic mass is 9.58. The number of rotatable bonds is 5. The van der Waals surface area contributed by atoms with Crippen molar-refractivity contribution in [1.82, 2.24) is 10.2 Å². The van der Waals surface area contributed by atoms with Crippen LogP contribution in [-0.4, -0.2) is 48.1 Å². The van der Waals surface area contributed by atoms with Gasteiger partial charge in [-0.25, -0.2) is 8.78 Å². The van der Waals surface area contributed by atoms with Gasteiger partial charge in [-0.2, -0.15) is 0 Å². The molecule has 2 aromatic carbocycles. The molecule has 2 aliphatic rings. The number of benzene rings is 2. The van der Waals surface area contributed by atoms with E-state index in [1.54, 1.807) is 12.1 Å². The highest BCUT2D eigenvalue weighted by molar-refractivity contribution is 6.30. The largest absolute Gasteiger partial charge is 0.481 e. The minimum atomic E-state index is -0.911. The number of hydrogen-bond acceptors (Lipinski definition) is 3. The van der Waals surface area contributed by atoms with E-state index < -0.39 is 34.4 Å². The Hall–Kier alpha value is -2.51. The first-order valence-corrected chi connectivity index (χ1v) is 12.8. The first-order chi connectivity index (χ1) is 16.9. The molecule has 0 aliphatic carbocycles. The molecule has 4 rings (SSSR count).